The fourth-order valence-electron chi connectivity index (χ4n) is 2.58. The number of hydrogen-bond acceptors (Lipinski definition) is 6. The molecule has 0 bridgehead atoms. The van der Waals surface area contributed by atoms with Crippen LogP contribution in [0.1, 0.15) is 53.5 Å². The lowest BCUT2D eigenvalue weighted by Gasteiger charge is -2.10. The third-order valence-corrected chi connectivity index (χ3v) is 4.28. The van der Waals surface area contributed by atoms with Gasteiger partial charge in [-0.15, -0.1) is 0 Å². The Kier molecular flexibility index (Phi) is 9.53. The summed E-state index contributed by atoms with van der Waals surface area (Å²) in [5.41, 5.74) is 4.64. The summed E-state index contributed by atoms with van der Waals surface area (Å²) in [4.78, 5) is 36.2. The molecular weight excluding hydrogens is 388 g/mol. The summed E-state index contributed by atoms with van der Waals surface area (Å²) in [6, 6.07) is 9.19. The Bertz CT molecular complexity index is 880. The number of unbranched alkanes of at least 4 members (excludes halogenated alkanes) is 3. The summed E-state index contributed by atoms with van der Waals surface area (Å²) in [7, 11) is 1.50. The second-order valence-electron chi connectivity index (χ2n) is 6.61. The van der Waals surface area contributed by atoms with E-state index < -0.39 is 11.8 Å². The van der Waals surface area contributed by atoms with Crippen molar-refractivity contribution in [2.45, 2.75) is 39.2 Å². The Morgan fingerprint density at radius 2 is 1.70 bits per heavy atom. The van der Waals surface area contributed by atoms with Gasteiger partial charge in [0.15, 0.2) is 5.69 Å². The summed E-state index contributed by atoms with van der Waals surface area (Å²) < 4.78 is 11.7. The van der Waals surface area contributed by atoms with E-state index in [1.165, 1.54) is 32.1 Å². The van der Waals surface area contributed by atoms with Crippen LogP contribution < -0.4 is 21.1 Å². The molecule has 9 heteroatoms. The molecule has 0 fully saturated rings. The van der Waals surface area contributed by atoms with E-state index in [2.05, 4.69) is 22.9 Å². The smallest absolute Gasteiger partial charge is 0.290 e. The molecule has 0 saturated carbocycles. The molecule has 2 aromatic rings. The molecule has 0 unspecified atom stereocenters. The lowest BCUT2D eigenvalue weighted by molar-refractivity contribution is 0.0842. The molecule has 0 radical (unpaired) electrons. The fraction of sp³-hybridized carbons (Fsp3) is 0.429. The molecule has 2 amide bonds. The maximum Gasteiger partial charge on any atom is 0.290 e. The van der Waals surface area contributed by atoms with Gasteiger partial charge in [0.1, 0.15) is 5.75 Å². The number of hydrazine groups is 1. The zero-order valence-corrected chi connectivity index (χ0v) is 17.3. The average Bonchev–Trinajstić information content (AvgIpc) is 2.77. The van der Waals surface area contributed by atoms with Gasteiger partial charge < -0.3 is 9.47 Å². The number of nitrogens with one attached hydrogen (secondary N) is 2. The van der Waals surface area contributed by atoms with Crippen molar-refractivity contribution in [3.05, 3.63) is 58.0 Å². The molecular formula is C21H28N4O5. The second kappa shape index (κ2) is 12.4. The van der Waals surface area contributed by atoms with Crippen molar-refractivity contribution in [1.29, 1.82) is 0 Å². The highest BCUT2D eigenvalue weighted by molar-refractivity contribution is 5.98. The van der Waals surface area contributed by atoms with Gasteiger partial charge in [-0.2, -0.15) is 5.10 Å². The van der Waals surface area contributed by atoms with Gasteiger partial charge >= 0.3 is 0 Å². The van der Waals surface area contributed by atoms with Crippen molar-refractivity contribution < 1.29 is 19.1 Å². The average molecular weight is 416 g/mol. The quantitative estimate of drug-likeness (QED) is 0.428. The normalized spacial score (nSPS) is 10.5. The number of benzene rings is 1. The number of carbonyl (C=O) groups excluding carboxylic acids is 2. The maximum atomic E-state index is 12.2. The van der Waals surface area contributed by atoms with Crippen molar-refractivity contribution in [1.82, 2.24) is 20.6 Å². The standard InChI is InChI=1S/C21H28N4O5/c1-3-4-5-6-14-30-17-9-7-16(8-10-17)20(27)22-23-21(28)18-11-12-19(26)25(24-18)13-15-29-2/h7-12H,3-6,13-15H2,1-2H3,(H,22,27)(H,23,28). The van der Waals surface area contributed by atoms with Crippen molar-refractivity contribution >= 4 is 11.8 Å². The van der Waals surface area contributed by atoms with Crippen LogP contribution in [0, 0.1) is 0 Å². The van der Waals surface area contributed by atoms with Gasteiger partial charge in [-0.3, -0.25) is 25.2 Å². The van der Waals surface area contributed by atoms with Crippen LogP contribution >= 0.6 is 0 Å². The summed E-state index contributed by atoms with van der Waals surface area (Å²) in [6.07, 6.45) is 4.50. The number of aromatic nitrogens is 2. The van der Waals surface area contributed by atoms with Crippen molar-refractivity contribution in [2.24, 2.45) is 0 Å². The lowest BCUT2D eigenvalue weighted by atomic mass is 10.2. The largest absolute Gasteiger partial charge is 0.494 e. The molecule has 1 aromatic carbocycles. The Morgan fingerprint density at radius 1 is 0.967 bits per heavy atom. The molecule has 2 N–H and O–H groups in total. The van der Waals surface area contributed by atoms with E-state index >= 15 is 0 Å². The predicted molar refractivity (Wildman–Crippen MR) is 111 cm³/mol. The van der Waals surface area contributed by atoms with E-state index in [0.717, 1.165) is 17.5 Å². The first-order valence-electron chi connectivity index (χ1n) is 9.95. The topological polar surface area (TPSA) is 112 Å². The minimum absolute atomic E-state index is 0.00201. The van der Waals surface area contributed by atoms with Crippen LogP contribution in [0.4, 0.5) is 0 Å². The van der Waals surface area contributed by atoms with Crippen LogP contribution in [-0.4, -0.2) is 41.9 Å². The van der Waals surface area contributed by atoms with Crippen LogP contribution in [-0.2, 0) is 11.3 Å². The van der Waals surface area contributed by atoms with Gasteiger partial charge in [-0.05, 0) is 36.8 Å². The Hall–Kier alpha value is -3.20. The molecule has 0 saturated heterocycles. The minimum Gasteiger partial charge on any atom is -0.494 e. The molecule has 1 heterocycles. The molecule has 0 aliphatic heterocycles. The van der Waals surface area contributed by atoms with Gasteiger partial charge in [0.2, 0.25) is 0 Å². The highest BCUT2D eigenvalue weighted by atomic mass is 16.5. The first-order chi connectivity index (χ1) is 14.5. The number of ether oxygens (including phenoxy) is 2. The number of carbonyl (C=O) groups is 2. The summed E-state index contributed by atoms with van der Waals surface area (Å²) in [6.45, 7) is 3.30. The molecule has 9 nitrogen and oxygen atoms in total. The number of amides is 2. The monoisotopic (exact) mass is 416 g/mol. The predicted octanol–water partition coefficient (Wildman–Crippen LogP) is 1.92. The number of hydrogen-bond donors (Lipinski definition) is 2. The highest BCUT2D eigenvalue weighted by Crippen LogP contribution is 2.13. The third kappa shape index (κ3) is 7.32. The first-order valence-corrected chi connectivity index (χ1v) is 9.95. The summed E-state index contributed by atoms with van der Waals surface area (Å²) in [5.74, 6) is -0.429. The molecule has 30 heavy (non-hydrogen) atoms. The van der Waals surface area contributed by atoms with Crippen LogP contribution in [0.3, 0.4) is 0 Å². The Morgan fingerprint density at radius 3 is 2.40 bits per heavy atom. The fourth-order valence-corrected chi connectivity index (χ4v) is 2.58. The van der Waals surface area contributed by atoms with Gasteiger partial charge in [-0.25, -0.2) is 4.68 Å². The molecule has 0 spiro atoms. The lowest BCUT2D eigenvalue weighted by Crippen LogP contribution is -2.42. The molecule has 1 aromatic heterocycles. The van der Waals surface area contributed by atoms with Crippen LogP contribution in [0.2, 0.25) is 0 Å². The zero-order valence-electron chi connectivity index (χ0n) is 17.3. The second-order valence-corrected chi connectivity index (χ2v) is 6.61. The zero-order chi connectivity index (χ0) is 21.8. The first kappa shape index (κ1) is 23.1. The van der Waals surface area contributed by atoms with Gasteiger partial charge in [-0.1, -0.05) is 26.2 Å². The van der Waals surface area contributed by atoms with E-state index in [9.17, 15) is 14.4 Å². The maximum absolute atomic E-state index is 12.2. The molecule has 0 atom stereocenters. The SMILES string of the molecule is CCCCCCOc1ccc(C(=O)NNC(=O)c2ccc(=O)n(CCOC)n2)cc1. The van der Waals surface area contributed by atoms with Crippen LogP contribution in [0.5, 0.6) is 5.75 Å². The van der Waals surface area contributed by atoms with Gasteiger partial charge in [0.25, 0.3) is 17.4 Å². The third-order valence-electron chi connectivity index (χ3n) is 4.28. The van der Waals surface area contributed by atoms with Crippen LogP contribution in [0.15, 0.2) is 41.2 Å². The molecule has 2 rings (SSSR count). The van der Waals surface area contributed by atoms with Crippen molar-refractivity contribution in [3.8, 4) is 5.75 Å². The Balaban J connectivity index is 1.85. The number of methoxy groups -OCH3 is 1. The van der Waals surface area contributed by atoms with Gasteiger partial charge in [0.05, 0.1) is 19.8 Å². The Labute approximate surface area is 175 Å². The van der Waals surface area contributed by atoms with Crippen molar-refractivity contribution in [2.75, 3.05) is 20.3 Å². The van der Waals surface area contributed by atoms with E-state index in [-0.39, 0.29) is 24.4 Å². The molecule has 0 aliphatic rings. The molecule has 0 aliphatic carbocycles. The molecule has 162 valence electrons. The summed E-state index contributed by atoms with van der Waals surface area (Å²) >= 11 is 0. The minimum atomic E-state index is -0.637. The number of nitrogens with zero attached hydrogens (tertiary/aromatic N) is 2. The van der Waals surface area contributed by atoms with E-state index in [1.54, 1.807) is 24.3 Å². The van der Waals surface area contributed by atoms with Crippen molar-refractivity contribution in [3.63, 3.8) is 0 Å². The van der Waals surface area contributed by atoms with Gasteiger partial charge in [0, 0.05) is 18.7 Å². The summed E-state index contributed by atoms with van der Waals surface area (Å²) in [5, 5.41) is 3.96. The van der Waals surface area contributed by atoms with Crippen LogP contribution in [0.25, 0.3) is 0 Å². The van der Waals surface area contributed by atoms with E-state index in [0.29, 0.717) is 17.9 Å². The van der Waals surface area contributed by atoms with E-state index in [1.807, 2.05) is 0 Å². The number of rotatable bonds is 11. The highest BCUT2D eigenvalue weighted by Gasteiger charge is 2.12. The van der Waals surface area contributed by atoms with E-state index in [4.69, 9.17) is 9.47 Å².